The van der Waals surface area contributed by atoms with E-state index in [1.807, 2.05) is 91.9 Å². The number of halogens is 1. The molecule has 218 valence electrons. The van der Waals surface area contributed by atoms with E-state index >= 15 is 0 Å². The number of carbonyl (C=O) groups excluding carboxylic acids is 2. The molecule has 2 aliphatic rings. The average molecular weight is 593 g/mol. The smallest absolute Gasteiger partial charge is 0.224 e. The Hall–Kier alpha value is -4.55. The van der Waals surface area contributed by atoms with E-state index < -0.39 is 6.04 Å². The number of rotatable bonds is 7. The molecule has 6 nitrogen and oxygen atoms in total. The summed E-state index contributed by atoms with van der Waals surface area (Å²) < 4.78 is 12.2. The Labute approximate surface area is 256 Å². The van der Waals surface area contributed by atoms with Crippen molar-refractivity contribution < 1.29 is 19.1 Å². The molecule has 43 heavy (non-hydrogen) atoms. The average Bonchev–Trinajstić information content (AvgIpc) is 3.16. The van der Waals surface area contributed by atoms with Crippen molar-refractivity contribution >= 4 is 34.7 Å². The maximum Gasteiger partial charge on any atom is 0.224 e. The Morgan fingerprint density at radius 1 is 0.884 bits per heavy atom. The topological polar surface area (TPSA) is 67.9 Å². The van der Waals surface area contributed by atoms with Crippen LogP contribution in [0.3, 0.4) is 0 Å². The first-order valence-electron chi connectivity index (χ1n) is 14.5. The van der Waals surface area contributed by atoms with Gasteiger partial charge >= 0.3 is 0 Å². The predicted molar refractivity (Wildman–Crippen MR) is 170 cm³/mol. The first kappa shape index (κ1) is 28.6. The van der Waals surface area contributed by atoms with Crippen molar-refractivity contribution in [2.24, 2.45) is 0 Å². The number of carbonyl (C=O) groups is 2. The Balaban J connectivity index is 1.44. The summed E-state index contributed by atoms with van der Waals surface area (Å²) in [6.07, 6.45) is 1.02. The minimum absolute atomic E-state index is 0.0210. The van der Waals surface area contributed by atoms with E-state index in [0.717, 1.165) is 33.8 Å². The Kier molecular flexibility index (Phi) is 8.21. The number of fused-ring (bicyclic) bond motifs is 1. The number of anilines is 2. The number of allylic oxidation sites excluding steroid dienone is 1. The van der Waals surface area contributed by atoms with E-state index in [-0.39, 0.29) is 17.6 Å². The Morgan fingerprint density at radius 3 is 2.37 bits per heavy atom. The fourth-order valence-electron chi connectivity index (χ4n) is 6.04. The zero-order chi connectivity index (χ0) is 29.9. The van der Waals surface area contributed by atoms with Crippen molar-refractivity contribution in [2.45, 2.75) is 45.3 Å². The van der Waals surface area contributed by atoms with Gasteiger partial charge in [-0.3, -0.25) is 14.5 Å². The second kappa shape index (κ2) is 12.4. The fraction of sp³-hybridized carbons (Fsp3) is 0.222. The summed E-state index contributed by atoms with van der Waals surface area (Å²) in [7, 11) is 0. The summed E-state index contributed by atoms with van der Waals surface area (Å²) in [5.41, 5.74) is 5.84. The van der Waals surface area contributed by atoms with E-state index in [0.29, 0.717) is 48.2 Å². The number of hydrogen-bond acceptors (Lipinski definition) is 5. The molecule has 7 heteroatoms. The van der Waals surface area contributed by atoms with Gasteiger partial charge in [-0.15, -0.1) is 0 Å². The molecule has 0 radical (unpaired) electrons. The number of benzene rings is 4. The second-order valence-electron chi connectivity index (χ2n) is 10.8. The first-order valence-corrected chi connectivity index (χ1v) is 14.9. The number of para-hydroxylation sites is 2. The van der Waals surface area contributed by atoms with Gasteiger partial charge in [-0.1, -0.05) is 72.3 Å². The van der Waals surface area contributed by atoms with E-state index in [4.69, 9.17) is 21.1 Å². The van der Waals surface area contributed by atoms with Gasteiger partial charge in [0.1, 0.15) is 6.61 Å². The normalized spacial score (nSPS) is 17.8. The van der Waals surface area contributed by atoms with Crippen LogP contribution < -0.4 is 19.7 Å². The highest BCUT2D eigenvalue weighted by atomic mass is 35.5. The monoisotopic (exact) mass is 592 g/mol. The molecule has 4 aromatic rings. The van der Waals surface area contributed by atoms with Crippen molar-refractivity contribution in [1.29, 1.82) is 0 Å². The summed E-state index contributed by atoms with van der Waals surface area (Å²) in [4.78, 5) is 29.3. The lowest BCUT2D eigenvalue weighted by Crippen LogP contribution is -2.37. The summed E-state index contributed by atoms with van der Waals surface area (Å²) in [6, 6.07) is 30.4. The molecular weight excluding hydrogens is 560 g/mol. The molecule has 6 rings (SSSR count). The van der Waals surface area contributed by atoms with Crippen LogP contribution in [0.15, 0.2) is 108 Å². The highest BCUT2D eigenvalue weighted by molar-refractivity contribution is 6.30. The van der Waals surface area contributed by atoms with E-state index in [1.165, 1.54) is 0 Å². The van der Waals surface area contributed by atoms with E-state index in [2.05, 4.69) is 17.4 Å². The van der Waals surface area contributed by atoms with Crippen molar-refractivity contribution in [3.8, 4) is 11.5 Å². The lowest BCUT2D eigenvalue weighted by Gasteiger charge is -2.34. The van der Waals surface area contributed by atoms with Gasteiger partial charge in [0.15, 0.2) is 17.3 Å². The maximum absolute atomic E-state index is 14.1. The summed E-state index contributed by atoms with van der Waals surface area (Å²) >= 11 is 6.04. The van der Waals surface area contributed by atoms with Crippen LogP contribution >= 0.6 is 11.6 Å². The predicted octanol–water partition coefficient (Wildman–Crippen LogP) is 8.24. The van der Waals surface area contributed by atoms with E-state index in [1.54, 1.807) is 11.8 Å². The zero-order valence-corrected chi connectivity index (χ0v) is 24.9. The molecule has 0 saturated carbocycles. The molecule has 1 N–H and O–H groups in total. The number of nitrogens with one attached hydrogen (secondary N) is 1. The molecule has 0 bridgehead atoms. The number of ether oxygens (including phenoxy) is 2. The maximum atomic E-state index is 14.1. The molecule has 0 saturated heterocycles. The lowest BCUT2D eigenvalue weighted by atomic mass is 9.78. The van der Waals surface area contributed by atoms with Crippen molar-refractivity contribution in [3.05, 3.63) is 130 Å². The largest absolute Gasteiger partial charge is 0.490 e. The van der Waals surface area contributed by atoms with Gasteiger partial charge in [0, 0.05) is 29.6 Å². The second-order valence-corrected chi connectivity index (χ2v) is 11.3. The van der Waals surface area contributed by atoms with Gasteiger partial charge in [0.25, 0.3) is 0 Å². The van der Waals surface area contributed by atoms with Crippen LogP contribution in [0.1, 0.15) is 55.3 Å². The third-order valence-electron chi connectivity index (χ3n) is 7.99. The third kappa shape index (κ3) is 5.88. The molecule has 0 unspecified atom stereocenters. The summed E-state index contributed by atoms with van der Waals surface area (Å²) in [6.45, 7) is 4.23. The van der Waals surface area contributed by atoms with Crippen LogP contribution in [-0.4, -0.2) is 18.3 Å². The van der Waals surface area contributed by atoms with Crippen LogP contribution in [0.25, 0.3) is 0 Å². The van der Waals surface area contributed by atoms with Crippen LogP contribution in [0.5, 0.6) is 11.5 Å². The highest BCUT2D eigenvalue weighted by Gasteiger charge is 2.41. The number of ketones is 1. The molecule has 1 amide bonds. The SMILES string of the molecule is CCOc1cc([C@@H]2C3=C(C[C@@H](c4ccccc4)CC3=O)Nc3ccccc3N2C(C)=O)ccc1OCc1ccc(Cl)cc1. The number of hydrogen-bond donors (Lipinski definition) is 1. The third-order valence-corrected chi connectivity index (χ3v) is 8.24. The molecule has 0 aromatic heterocycles. The standard InChI is InChI=1S/C36H33ClN2O4/c1-3-42-34-21-26(15-18-33(34)43-22-24-13-16-28(37)17-14-24)36-35-30(19-27(20-32(35)41)25-9-5-4-6-10-25)38-29-11-7-8-12-31(29)39(36)23(2)40/h4-18,21,27,36,38H,3,19-20,22H2,1-2H3/t27-,36-/m1/s1. The number of Topliss-reactive ketones (excluding diaryl/α,β-unsaturated/α-hetero) is 1. The first-order chi connectivity index (χ1) is 20.9. The summed E-state index contributed by atoms with van der Waals surface area (Å²) in [5, 5.41) is 4.23. The Bertz CT molecular complexity index is 1680. The molecule has 0 fully saturated rings. The zero-order valence-electron chi connectivity index (χ0n) is 24.2. The molecule has 1 aliphatic carbocycles. The van der Waals surface area contributed by atoms with Gasteiger partial charge in [0.2, 0.25) is 5.91 Å². The molecule has 1 aliphatic heterocycles. The van der Waals surface area contributed by atoms with Gasteiger partial charge in [0.05, 0.1) is 24.0 Å². The molecular formula is C36H33ClN2O4. The van der Waals surface area contributed by atoms with Gasteiger partial charge in [-0.05, 0) is 72.4 Å². The minimum Gasteiger partial charge on any atom is -0.490 e. The quantitative estimate of drug-likeness (QED) is 0.234. The van der Waals surface area contributed by atoms with Crippen LogP contribution in [0.2, 0.25) is 5.02 Å². The van der Waals surface area contributed by atoms with Gasteiger partial charge < -0.3 is 14.8 Å². The fourth-order valence-corrected chi connectivity index (χ4v) is 6.16. The summed E-state index contributed by atoms with van der Waals surface area (Å²) in [5.74, 6) is 1.03. The van der Waals surface area contributed by atoms with Crippen LogP contribution in [0, 0.1) is 0 Å². The molecule has 2 atom stereocenters. The van der Waals surface area contributed by atoms with Gasteiger partial charge in [-0.25, -0.2) is 0 Å². The van der Waals surface area contributed by atoms with E-state index in [9.17, 15) is 9.59 Å². The lowest BCUT2D eigenvalue weighted by molar-refractivity contribution is -0.117. The van der Waals surface area contributed by atoms with Crippen LogP contribution in [0.4, 0.5) is 11.4 Å². The van der Waals surface area contributed by atoms with Gasteiger partial charge in [-0.2, -0.15) is 0 Å². The molecule has 4 aromatic carbocycles. The number of amides is 1. The Morgan fingerprint density at radius 2 is 1.63 bits per heavy atom. The van der Waals surface area contributed by atoms with Crippen molar-refractivity contribution in [3.63, 3.8) is 0 Å². The number of nitrogens with zero attached hydrogens (tertiary/aromatic N) is 1. The molecule has 1 heterocycles. The van der Waals surface area contributed by atoms with Crippen LogP contribution in [-0.2, 0) is 16.2 Å². The molecule has 0 spiro atoms. The van der Waals surface area contributed by atoms with Crippen molar-refractivity contribution in [2.75, 3.05) is 16.8 Å². The van der Waals surface area contributed by atoms with Crippen molar-refractivity contribution in [1.82, 2.24) is 0 Å². The highest BCUT2D eigenvalue weighted by Crippen LogP contribution is 2.48. The minimum atomic E-state index is -0.641.